The van der Waals surface area contributed by atoms with E-state index < -0.39 is 0 Å². The molecule has 4 atom stereocenters. The molecule has 0 saturated carbocycles. The highest BCUT2D eigenvalue weighted by Gasteiger charge is 2.39. The van der Waals surface area contributed by atoms with Crippen LogP contribution in [-0.2, 0) is 4.74 Å². The maximum Gasteiger partial charge on any atom is 0.0637 e. The van der Waals surface area contributed by atoms with Crippen molar-refractivity contribution in [3.05, 3.63) is 0 Å². The number of likely N-dealkylation sites (N-methyl/N-ethyl adjacent to an activating group) is 2. The van der Waals surface area contributed by atoms with E-state index in [9.17, 15) is 0 Å². The Balaban J connectivity index is 1.66. The van der Waals surface area contributed by atoms with Crippen molar-refractivity contribution in [1.29, 1.82) is 0 Å². The van der Waals surface area contributed by atoms with E-state index in [0.29, 0.717) is 12.1 Å². The van der Waals surface area contributed by atoms with Crippen molar-refractivity contribution in [3.8, 4) is 0 Å². The molecule has 110 valence electrons. The van der Waals surface area contributed by atoms with Gasteiger partial charge in [-0.05, 0) is 39.3 Å². The molecular weight excluding hydrogens is 238 g/mol. The molecule has 19 heavy (non-hydrogen) atoms. The molecule has 4 heteroatoms. The van der Waals surface area contributed by atoms with Crippen molar-refractivity contribution >= 4 is 0 Å². The van der Waals surface area contributed by atoms with Crippen molar-refractivity contribution in [2.45, 2.75) is 56.8 Å². The smallest absolute Gasteiger partial charge is 0.0637 e. The minimum Gasteiger partial charge on any atom is -0.380 e. The van der Waals surface area contributed by atoms with Gasteiger partial charge in [-0.25, -0.2) is 0 Å². The summed E-state index contributed by atoms with van der Waals surface area (Å²) in [4.78, 5) is 5.35. The normalized spacial score (nSPS) is 41.4. The topological polar surface area (TPSA) is 27.7 Å². The first-order valence-electron chi connectivity index (χ1n) is 8.06. The van der Waals surface area contributed by atoms with Gasteiger partial charge in [0.1, 0.15) is 0 Å². The third-order valence-electron chi connectivity index (χ3n) is 5.44. The van der Waals surface area contributed by atoms with Crippen LogP contribution in [-0.4, -0.2) is 73.9 Å². The van der Waals surface area contributed by atoms with Crippen LogP contribution in [0.4, 0.5) is 0 Å². The van der Waals surface area contributed by atoms with Gasteiger partial charge in [0.05, 0.1) is 6.61 Å². The molecule has 4 nitrogen and oxygen atoms in total. The predicted molar refractivity (Wildman–Crippen MR) is 77.5 cm³/mol. The zero-order chi connectivity index (χ0) is 13.2. The third-order valence-corrected chi connectivity index (χ3v) is 5.44. The highest BCUT2D eigenvalue weighted by atomic mass is 16.5. The molecule has 1 N–H and O–H groups in total. The van der Waals surface area contributed by atoms with Gasteiger partial charge >= 0.3 is 0 Å². The molecule has 3 fully saturated rings. The van der Waals surface area contributed by atoms with Crippen molar-refractivity contribution in [3.63, 3.8) is 0 Å². The van der Waals surface area contributed by atoms with Crippen molar-refractivity contribution in [2.75, 3.05) is 39.9 Å². The molecule has 3 rings (SSSR count). The molecule has 0 aromatic carbocycles. The Labute approximate surface area is 117 Å². The van der Waals surface area contributed by atoms with Crippen LogP contribution in [0.15, 0.2) is 0 Å². The first-order valence-corrected chi connectivity index (χ1v) is 8.06. The molecule has 0 spiro atoms. The van der Waals surface area contributed by atoms with E-state index in [4.69, 9.17) is 4.74 Å². The van der Waals surface area contributed by atoms with Gasteiger partial charge in [-0.1, -0.05) is 6.92 Å². The van der Waals surface area contributed by atoms with E-state index in [1.54, 1.807) is 0 Å². The summed E-state index contributed by atoms with van der Waals surface area (Å²) < 4.78 is 5.76. The number of likely N-dealkylation sites (tertiary alicyclic amines) is 1. The highest BCUT2D eigenvalue weighted by molar-refractivity contribution is 4.95. The number of nitrogens with one attached hydrogen (secondary N) is 1. The van der Waals surface area contributed by atoms with Crippen LogP contribution in [0.3, 0.4) is 0 Å². The fraction of sp³-hybridized carbons (Fsp3) is 1.00. The Bertz CT molecular complexity index is 297. The molecule has 2 bridgehead atoms. The fourth-order valence-corrected chi connectivity index (χ4v) is 4.22. The van der Waals surface area contributed by atoms with Crippen LogP contribution in [0.25, 0.3) is 0 Å². The van der Waals surface area contributed by atoms with Crippen LogP contribution >= 0.6 is 0 Å². The summed E-state index contributed by atoms with van der Waals surface area (Å²) >= 11 is 0. The summed E-state index contributed by atoms with van der Waals surface area (Å²) in [5.74, 6) is 0. The molecule has 3 heterocycles. The highest BCUT2D eigenvalue weighted by Crippen LogP contribution is 2.30. The van der Waals surface area contributed by atoms with Crippen LogP contribution in [0.5, 0.6) is 0 Å². The minimum absolute atomic E-state index is 0.585. The lowest BCUT2D eigenvalue weighted by Gasteiger charge is -2.41. The second-order valence-corrected chi connectivity index (χ2v) is 6.43. The average molecular weight is 267 g/mol. The maximum absolute atomic E-state index is 5.76. The summed E-state index contributed by atoms with van der Waals surface area (Å²) in [6.07, 6.45) is 5.30. The van der Waals surface area contributed by atoms with Gasteiger partial charge < -0.3 is 10.1 Å². The van der Waals surface area contributed by atoms with E-state index in [1.807, 2.05) is 0 Å². The Kier molecular flexibility index (Phi) is 4.42. The Morgan fingerprint density at radius 1 is 1.16 bits per heavy atom. The lowest BCUT2D eigenvalue weighted by molar-refractivity contribution is -0.00543. The second kappa shape index (κ2) is 6.08. The molecule has 0 amide bonds. The van der Waals surface area contributed by atoms with Crippen molar-refractivity contribution in [2.24, 2.45) is 0 Å². The minimum atomic E-state index is 0.585. The third kappa shape index (κ3) is 2.82. The standard InChI is InChI=1S/C15H29N3O/c1-3-16-14-7-9-19-11-15(14)18-8-6-12-4-5-13(10-18)17(12)2/h12-16H,3-11H2,1-2H3. The van der Waals surface area contributed by atoms with Gasteiger partial charge in [0, 0.05) is 43.9 Å². The second-order valence-electron chi connectivity index (χ2n) is 6.43. The largest absolute Gasteiger partial charge is 0.380 e. The van der Waals surface area contributed by atoms with Crippen LogP contribution in [0.2, 0.25) is 0 Å². The molecule has 0 aliphatic carbocycles. The molecular formula is C15H29N3O. The quantitative estimate of drug-likeness (QED) is 0.823. The van der Waals surface area contributed by atoms with E-state index in [2.05, 4.69) is 29.1 Å². The first kappa shape index (κ1) is 13.8. The van der Waals surface area contributed by atoms with Gasteiger partial charge in [0.2, 0.25) is 0 Å². The number of hydrogen-bond donors (Lipinski definition) is 1. The Hall–Kier alpha value is -0.160. The van der Waals surface area contributed by atoms with E-state index >= 15 is 0 Å². The van der Waals surface area contributed by atoms with Gasteiger partial charge in [-0.15, -0.1) is 0 Å². The van der Waals surface area contributed by atoms with Gasteiger partial charge in [-0.3, -0.25) is 9.80 Å². The number of ether oxygens (including phenoxy) is 1. The Morgan fingerprint density at radius 3 is 2.84 bits per heavy atom. The Morgan fingerprint density at radius 2 is 2.00 bits per heavy atom. The number of fused-ring (bicyclic) bond motifs is 2. The number of nitrogens with zero attached hydrogens (tertiary/aromatic N) is 2. The maximum atomic E-state index is 5.76. The van der Waals surface area contributed by atoms with Gasteiger partial charge in [0.25, 0.3) is 0 Å². The van der Waals surface area contributed by atoms with Crippen molar-refractivity contribution < 1.29 is 4.74 Å². The SMILES string of the molecule is CCNC1CCOCC1N1CCC2CCC(C1)N2C. The summed E-state index contributed by atoms with van der Waals surface area (Å²) in [5.41, 5.74) is 0. The lowest BCUT2D eigenvalue weighted by atomic mass is 9.99. The molecule has 0 aromatic rings. The van der Waals surface area contributed by atoms with E-state index in [1.165, 1.54) is 38.8 Å². The number of hydrogen-bond acceptors (Lipinski definition) is 4. The zero-order valence-corrected chi connectivity index (χ0v) is 12.5. The van der Waals surface area contributed by atoms with E-state index in [-0.39, 0.29) is 0 Å². The molecule has 0 radical (unpaired) electrons. The fourth-order valence-electron chi connectivity index (χ4n) is 4.22. The molecule has 3 saturated heterocycles. The number of rotatable bonds is 3. The molecule has 3 aliphatic heterocycles. The average Bonchev–Trinajstić information content (AvgIpc) is 2.65. The lowest BCUT2D eigenvalue weighted by Crippen LogP contribution is -2.57. The molecule has 4 unspecified atom stereocenters. The van der Waals surface area contributed by atoms with E-state index in [0.717, 1.165) is 31.8 Å². The predicted octanol–water partition coefficient (Wildman–Crippen LogP) is 0.922. The summed E-state index contributed by atoms with van der Waals surface area (Å²) in [5, 5.41) is 3.67. The molecule has 0 aromatic heterocycles. The summed E-state index contributed by atoms with van der Waals surface area (Å²) in [6.45, 7) is 7.61. The summed E-state index contributed by atoms with van der Waals surface area (Å²) in [6, 6.07) is 2.82. The van der Waals surface area contributed by atoms with Crippen LogP contribution in [0, 0.1) is 0 Å². The summed E-state index contributed by atoms with van der Waals surface area (Å²) in [7, 11) is 2.32. The van der Waals surface area contributed by atoms with Crippen LogP contribution < -0.4 is 5.32 Å². The first-order chi connectivity index (χ1) is 9.29. The van der Waals surface area contributed by atoms with Crippen LogP contribution in [0.1, 0.15) is 32.6 Å². The zero-order valence-electron chi connectivity index (χ0n) is 12.5. The van der Waals surface area contributed by atoms with Gasteiger partial charge in [-0.2, -0.15) is 0 Å². The monoisotopic (exact) mass is 267 g/mol. The van der Waals surface area contributed by atoms with Gasteiger partial charge in [0.15, 0.2) is 0 Å². The molecule has 3 aliphatic rings. The van der Waals surface area contributed by atoms with Crippen molar-refractivity contribution in [1.82, 2.24) is 15.1 Å².